The van der Waals surface area contributed by atoms with Gasteiger partial charge in [-0.15, -0.1) is 11.3 Å². The van der Waals surface area contributed by atoms with Gasteiger partial charge >= 0.3 is 0 Å². The van der Waals surface area contributed by atoms with Crippen molar-refractivity contribution >= 4 is 44.0 Å². The lowest BCUT2D eigenvalue weighted by Crippen LogP contribution is -2.34. The summed E-state index contributed by atoms with van der Waals surface area (Å²) < 4.78 is 40.3. The van der Waals surface area contributed by atoms with Gasteiger partial charge in [0.25, 0.3) is 0 Å². The molecule has 3 rings (SSSR count). The second-order valence-corrected chi connectivity index (χ2v) is 9.44. The van der Waals surface area contributed by atoms with Crippen molar-refractivity contribution < 1.29 is 22.4 Å². The third kappa shape index (κ3) is 5.51. The van der Waals surface area contributed by atoms with E-state index in [-0.39, 0.29) is 21.5 Å². The van der Waals surface area contributed by atoms with E-state index < -0.39 is 28.3 Å². The maximum absolute atomic E-state index is 14.4. The number of anilines is 2. The smallest absolute Gasteiger partial charge is 0.243 e. The summed E-state index contributed by atoms with van der Waals surface area (Å²) in [5, 5.41) is 6.79. The molecule has 0 unspecified atom stereocenters. The van der Waals surface area contributed by atoms with Crippen LogP contribution in [0.4, 0.5) is 15.2 Å². The molecule has 0 aliphatic carbocycles. The van der Waals surface area contributed by atoms with Crippen molar-refractivity contribution in [2.45, 2.75) is 11.8 Å². The molecule has 31 heavy (non-hydrogen) atoms. The summed E-state index contributed by atoms with van der Waals surface area (Å²) in [7, 11) is -2.50. The van der Waals surface area contributed by atoms with Crippen LogP contribution >= 0.6 is 11.3 Å². The van der Waals surface area contributed by atoms with Gasteiger partial charge in [-0.25, -0.2) is 17.8 Å². The number of carbonyl (C=O) groups is 2. The van der Waals surface area contributed by atoms with Gasteiger partial charge in [-0.1, -0.05) is 18.2 Å². The molecule has 0 bridgehead atoms. The monoisotopic (exact) mass is 462 g/mol. The summed E-state index contributed by atoms with van der Waals surface area (Å²) in [4.78, 5) is 27.6. The van der Waals surface area contributed by atoms with Gasteiger partial charge in [0.1, 0.15) is 5.82 Å². The Bertz CT molecular complexity index is 1210. The molecule has 0 aliphatic rings. The van der Waals surface area contributed by atoms with Gasteiger partial charge in [0, 0.05) is 30.6 Å². The molecule has 0 fully saturated rings. The number of amides is 2. The fourth-order valence-corrected chi connectivity index (χ4v) is 4.55. The average molecular weight is 463 g/mol. The number of thiazole rings is 1. The van der Waals surface area contributed by atoms with E-state index >= 15 is 0 Å². The van der Waals surface area contributed by atoms with Crippen LogP contribution in [0.15, 0.2) is 58.8 Å². The second-order valence-electron chi connectivity index (χ2n) is 6.54. The van der Waals surface area contributed by atoms with E-state index in [9.17, 15) is 22.4 Å². The quantitative estimate of drug-likeness (QED) is 0.561. The molecule has 11 heteroatoms. The first-order valence-corrected chi connectivity index (χ1v) is 11.3. The maximum atomic E-state index is 14.4. The van der Waals surface area contributed by atoms with Crippen LogP contribution in [0.25, 0.3) is 11.3 Å². The Kier molecular flexibility index (Phi) is 6.78. The lowest BCUT2D eigenvalue weighted by molar-refractivity contribution is -0.116. The highest BCUT2D eigenvalue weighted by atomic mass is 32.2. The Morgan fingerprint density at radius 2 is 1.84 bits per heavy atom. The number of likely N-dealkylation sites (N-methyl/N-ethyl adjacent to an activating group) is 1. The summed E-state index contributed by atoms with van der Waals surface area (Å²) in [6.07, 6.45) is 0. The van der Waals surface area contributed by atoms with E-state index in [0.29, 0.717) is 11.4 Å². The van der Waals surface area contributed by atoms with Crippen molar-refractivity contribution in [1.29, 1.82) is 0 Å². The number of nitrogens with zero attached hydrogens (tertiary/aromatic N) is 2. The lowest BCUT2D eigenvalue weighted by atomic mass is 10.1. The SMILES string of the molecule is CC(=O)Nc1ccc(-c2csc(NC(=O)CN(C)S(=O)(=O)c3ccccc3)n2)c(F)c1. The normalized spacial score (nSPS) is 11.4. The molecule has 8 nitrogen and oxygen atoms in total. The van der Waals surface area contributed by atoms with E-state index in [4.69, 9.17) is 0 Å². The van der Waals surface area contributed by atoms with Crippen molar-refractivity contribution in [3.8, 4) is 11.3 Å². The minimum absolute atomic E-state index is 0.0834. The van der Waals surface area contributed by atoms with Crippen LogP contribution in [0, 0.1) is 5.82 Å². The predicted octanol–water partition coefficient (Wildman–Crippen LogP) is 3.17. The van der Waals surface area contributed by atoms with Gasteiger partial charge in [-0.2, -0.15) is 4.31 Å². The summed E-state index contributed by atoms with van der Waals surface area (Å²) >= 11 is 1.08. The molecule has 0 saturated carbocycles. The Morgan fingerprint density at radius 1 is 1.13 bits per heavy atom. The van der Waals surface area contributed by atoms with Crippen molar-refractivity contribution in [2.75, 3.05) is 24.2 Å². The first-order valence-electron chi connectivity index (χ1n) is 9.01. The van der Waals surface area contributed by atoms with Gasteiger partial charge < -0.3 is 10.6 Å². The number of halogens is 1. The highest BCUT2D eigenvalue weighted by Crippen LogP contribution is 2.28. The largest absolute Gasteiger partial charge is 0.326 e. The number of hydrogen-bond acceptors (Lipinski definition) is 6. The minimum atomic E-state index is -3.81. The Balaban J connectivity index is 1.67. The molecule has 0 spiro atoms. The number of rotatable bonds is 7. The van der Waals surface area contributed by atoms with Gasteiger partial charge in [0.05, 0.1) is 17.1 Å². The summed E-state index contributed by atoms with van der Waals surface area (Å²) in [5.74, 6) is -1.47. The zero-order valence-corrected chi connectivity index (χ0v) is 18.3. The molecule has 3 aromatic rings. The molecular formula is C20H19FN4O4S2. The van der Waals surface area contributed by atoms with Crippen molar-refractivity contribution in [3.63, 3.8) is 0 Å². The number of carbonyl (C=O) groups excluding carboxylic acids is 2. The van der Waals surface area contributed by atoms with E-state index in [1.54, 1.807) is 29.6 Å². The Labute approximate surface area is 182 Å². The summed E-state index contributed by atoms with van der Waals surface area (Å²) in [6, 6.07) is 12.0. The van der Waals surface area contributed by atoms with Gasteiger partial charge in [0.15, 0.2) is 5.13 Å². The Morgan fingerprint density at radius 3 is 2.48 bits per heavy atom. The van der Waals surface area contributed by atoms with E-state index in [1.165, 1.54) is 38.2 Å². The van der Waals surface area contributed by atoms with Crippen LogP contribution in [0.5, 0.6) is 0 Å². The van der Waals surface area contributed by atoms with Crippen molar-refractivity contribution in [1.82, 2.24) is 9.29 Å². The van der Waals surface area contributed by atoms with Gasteiger partial charge in [-0.3, -0.25) is 9.59 Å². The topological polar surface area (TPSA) is 108 Å². The zero-order valence-electron chi connectivity index (χ0n) is 16.6. The van der Waals surface area contributed by atoms with Crippen LogP contribution in [-0.2, 0) is 19.6 Å². The molecule has 1 heterocycles. The van der Waals surface area contributed by atoms with Crippen LogP contribution in [-0.4, -0.2) is 43.1 Å². The molecule has 1 aromatic heterocycles. The van der Waals surface area contributed by atoms with Gasteiger partial charge in [-0.05, 0) is 30.3 Å². The minimum Gasteiger partial charge on any atom is -0.326 e. The van der Waals surface area contributed by atoms with Crippen LogP contribution in [0.2, 0.25) is 0 Å². The Hall–Kier alpha value is -3.15. The zero-order chi connectivity index (χ0) is 22.6. The third-order valence-corrected chi connectivity index (χ3v) is 6.71. The van der Waals surface area contributed by atoms with Gasteiger partial charge in [0.2, 0.25) is 21.8 Å². The summed E-state index contributed by atoms with van der Waals surface area (Å²) in [5.41, 5.74) is 0.826. The molecule has 0 radical (unpaired) electrons. The number of sulfonamides is 1. The van der Waals surface area contributed by atoms with Crippen LogP contribution in [0.1, 0.15) is 6.92 Å². The van der Waals surface area contributed by atoms with Crippen LogP contribution in [0.3, 0.4) is 0 Å². The average Bonchev–Trinajstić information content (AvgIpc) is 3.16. The lowest BCUT2D eigenvalue weighted by Gasteiger charge is -2.16. The number of benzene rings is 2. The number of nitrogens with one attached hydrogen (secondary N) is 2. The highest BCUT2D eigenvalue weighted by Gasteiger charge is 2.23. The molecule has 2 N–H and O–H groups in total. The standard InChI is InChI=1S/C20H19FN4O4S2/c1-13(26)22-14-8-9-16(17(21)10-14)18-12-30-20(23-18)24-19(27)11-25(2)31(28,29)15-6-4-3-5-7-15/h3-10,12H,11H2,1-2H3,(H,22,26)(H,23,24,27). The third-order valence-electron chi connectivity index (χ3n) is 4.13. The van der Waals surface area contributed by atoms with E-state index in [1.807, 2.05) is 0 Å². The molecule has 162 valence electrons. The molecule has 2 amide bonds. The fourth-order valence-electron chi connectivity index (χ4n) is 2.68. The second kappa shape index (κ2) is 9.33. The molecule has 2 aromatic carbocycles. The first kappa shape index (κ1) is 22.5. The summed E-state index contributed by atoms with van der Waals surface area (Å²) in [6.45, 7) is 0.912. The molecule has 0 aliphatic heterocycles. The van der Waals surface area contributed by atoms with Crippen molar-refractivity contribution in [3.05, 3.63) is 59.7 Å². The van der Waals surface area contributed by atoms with E-state index in [2.05, 4.69) is 15.6 Å². The molecule has 0 atom stereocenters. The van der Waals surface area contributed by atoms with Crippen molar-refractivity contribution in [2.24, 2.45) is 0 Å². The fraction of sp³-hybridized carbons (Fsp3) is 0.150. The predicted molar refractivity (Wildman–Crippen MR) is 117 cm³/mol. The maximum Gasteiger partial charge on any atom is 0.243 e. The first-order chi connectivity index (χ1) is 14.7. The number of aromatic nitrogens is 1. The highest BCUT2D eigenvalue weighted by molar-refractivity contribution is 7.89. The molecule has 0 saturated heterocycles. The van der Waals surface area contributed by atoms with E-state index in [0.717, 1.165) is 15.6 Å². The van der Waals surface area contributed by atoms with Crippen LogP contribution < -0.4 is 10.6 Å². The number of hydrogen-bond donors (Lipinski definition) is 2. The molecular weight excluding hydrogens is 443 g/mol.